The highest BCUT2D eigenvalue weighted by Crippen LogP contribution is 2.13. The summed E-state index contributed by atoms with van der Waals surface area (Å²) < 4.78 is 2.39. The van der Waals surface area contributed by atoms with Crippen LogP contribution in [0.1, 0.15) is 6.42 Å². The van der Waals surface area contributed by atoms with Crippen LogP contribution in [0.25, 0.3) is 11.5 Å². The van der Waals surface area contributed by atoms with Crippen LogP contribution in [0.2, 0.25) is 0 Å². The van der Waals surface area contributed by atoms with Gasteiger partial charge < -0.3 is 5.11 Å². The molecule has 84 valence electrons. The first-order valence-corrected chi connectivity index (χ1v) is 5.41. The van der Waals surface area contributed by atoms with Gasteiger partial charge in [-0.15, -0.1) is 0 Å². The Balaban J connectivity index is 2.38. The summed E-state index contributed by atoms with van der Waals surface area (Å²) in [6.45, 7) is 0.770. The molecular weight excluding hydrogens is 224 g/mol. The minimum atomic E-state index is 0.134. The molecular formula is C10H12N4OS. The van der Waals surface area contributed by atoms with Crippen LogP contribution < -0.4 is 0 Å². The highest BCUT2D eigenvalue weighted by atomic mass is 32.1. The number of pyridine rings is 1. The summed E-state index contributed by atoms with van der Waals surface area (Å²) in [6, 6.07) is 5.62. The number of hydrogen-bond acceptors (Lipinski definition) is 4. The lowest BCUT2D eigenvalue weighted by Crippen LogP contribution is -2.03. The van der Waals surface area contributed by atoms with Crippen LogP contribution in [-0.2, 0) is 6.54 Å². The van der Waals surface area contributed by atoms with Crippen LogP contribution in [0.3, 0.4) is 0 Å². The number of aliphatic hydroxyl groups excluding tert-OH is 1. The molecule has 0 spiro atoms. The molecule has 2 N–H and O–H groups in total. The average Bonchev–Trinajstić information content (AvgIpc) is 2.69. The SMILES string of the molecule is OCCCn1c(-c2ccccn2)n[nH]c1=S. The van der Waals surface area contributed by atoms with E-state index >= 15 is 0 Å². The molecule has 0 aliphatic rings. The largest absolute Gasteiger partial charge is 0.396 e. The van der Waals surface area contributed by atoms with Gasteiger partial charge in [0.25, 0.3) is 0 Å². The van der Waals surface area contributed by atoms with Crippen molar-refractivity contribution in [3.63, 3.8) is 0 Å². The molecule has 2 heterocycles. The van der Waals surface area contributed by atoms with E-state index in [9.17, 15) is 0 Å². The summed E-state index contributed by atoms with van der Waals surface area (Å²) >= 11 is 5.12. The van der Waals surface area contributed by atoms with E-state index in [1.54, 1.807) is 6.20 Å². The van der Waals surface area contributed by atoms with Gasteiger partial charge in [0.2, 0.25) is 0 Å². The maximum absolute atomic E-state index is 8.82. The molecule has 0 amide bonds. The number of nitrogens with one attached hydrogen (secondary N) is 1. The third-order valence-corrected chi connectivity index (χ3v) is 2.50. The van der Waals surface area contributed by atoms with E-state index < -0.39 is 0 Å². The molecule has 2 aromatic heterocycles. The lowest BCUT2D eigenvalue weighted by atomic mass is 10.3. The fourth-order valence-corrected chi connectivity index (χ4v) is 1.67. The molecule has 0 aromatic carbocycles. The van der Waals surface area contributed by atoms with Crippen molar-refractivity contribution in [2.75, 3.05) is 6.61 Å². The minimum absolute atomic E-state index is 0.134. The molecule has 2 rings (SSSR count). The maximum Gasteiger partial charge on any atom is 0.195 e. The molecule has 0 fully saturated rings. The highest BCUT2D eigenvalue weighted by Gasteiger charge is 2.08. The number of nitrogens with zero attached hydrogens (tertiary/aromatic N) is 3. The first kappa shape index (κ1) is 11.0. The van der Waals surface area contributed by atoms with Crippen molar-refractivity contribution in [2.45, 2.75) is 13.0 Å². The molecule has 0 aliphatic heterocycles. The van der Waals surface area contributed by atoms with E-state index in [1.165, 1.54) is 0 Å². The monoisotopic (exact) mass is 236 g/mol. The topological polar surface area (TPSA) is 66.7 Å². The number of aliphatic hydroxyl groups is 1. The Morgan fingerprint density at radius 2 is 2.31 bits per heavy atom. The zero-order chi connectivity index (χ0) is 11.4. The van der Waals surface area contributed by atoms with E-state index in [-0.39, 0.29) is 6.61 Å². The van der Waals surface area contributed by atoms with E-state index in [2.05, 4.69) is 15.2 Å². The van der Waals surface area contributed by atoms with Crippen molar-refractivity contribution in [2.24, 2.45) is 0 Å². The second kappa shape index (κ2) is 5.00. The normalized spacial score (nSPS) is 10.6. The van der Waals surface area contributed by atoms with Gasteiger partial charge in [0.15, 0.2) is 10.6 Å². The van der Waals surface area contributed by atoms with Crippen molar-refractivity contribution in [1.82, 2.24) is 19.7 Å². The van der Waals surface area contributed by atoms with Crippen LogP contribution in [0.5, 0.6) is 0 Å². The van der Waals surface area contributed by atoms with Gasteiger partial charge in [-0.1, -0.05) is 6.07 Å². The maximum atomic E-state index is 8.82. The molecule has 0 bridgehead atoms. The van der Waals surface area contributed by atoms with Gasteiger partial charge in [0, 0.05) is 19.3 Å². The molecule has 0 aliphatic carbocycles. The Hall–Kier alpha value is -1.53. The van der Waals surface area contributed by atoms with Crippen LogP contribution in [-0.4, -0.2) is 31.5 Å². The lowest BCUT2D eigenvalue weighted by Gasteiger charge is -2.04. The number of rotatable bonds is 4. The van der Waals surface area contributed by atoms with Gasteiger partial charge in [-0.2, -0.15) is 5.10 Å². The van der Waals surface area contributed by atoms with Gasteiger partial charge in [0.1, 0.15) is 5.69 Å². The predicted octanol–water partition coefficient (Wildman–Crippen LogP) is 1.39. The zero-order valence-corrected chi connectivity index (χ0v) is 9.44. The van der Waals surface area contributed by atoms with Gasteiger partial charge in [-0.3, -0.25) is 14.6 Å². The van der Waals surface area contributed by atoms with Crippen LogP contribution in [0.4, 0.5) is 0 Å². The summed E-state index contributed by atoms with van der Waals surface area (Å²) in [5, 5.41) is 15.7. The Morgan fingerprint density at radius 3 is 3.00 bits per heavy atom. The van der Waals surface area contributed by atoms with Crippen LogP contribution in [0.15, 0.2) is 24.4 Å². The van der Waals surface area contributed by atoms with Crippen molar-refractivity contribution in [3.05, 3.63) is 29.2 Å². The Morgan fingerprint density at radius 1 is 1.44 bits per heavy atom. The van der Waals surface area contributed by atoms with Crippen LogP contribution >= 0.6 is 12.2 Å². The summed E-state index contributed by atoms with van der Waals surface area (Å²) in [5.74, 6) is 0.707. The minimum Gasteiger partial charge on any atom is -0.396 e. The number of aromatic amines is 1. The quantitative estimate of drug-likeness (QED) is 0.787. The summed E-state index contributed by atoms with van der Waals surface area (Å²) in [6.07, 6.45) is 2.36. The molecule has 0 radical (unpaired) electrons. The van der Waals surface area contributed by atoms with E-state index in [0.717, 1.165) is 5.69 Å². The van der Waals surface area contributed by atoms with Crippen molar-refractivity contribution >= 4 is 12.2 Å². The summed E-state index contributed by atoms with van der Waals surface area (Å²) in [7, 11) is 0. The Kier molecular flexibility index (Phi) is 3.43. The second-order valence-electron chi connectivity index (χ2n) is 3.30. The van der Waals surface area contributed by atoms with Gasteiger partial charge in [-0.25, -0.2) is 0 Å². The third-order valence-electron chi connectivity index (χ3n) is 2.19. The number of hydrogen-bond donors (Lipinski definition) is 2. The van der Waals surface area contributed by atoms with E-state index in [4.69, 9.17) is 17.3 Å². The van der Waals surface area contributed by atoms with Gasteiger partial charge in [0.05, 0.1) is 0 Å². The average molecular weight is 236 g/mol. The first-order valence-electron chi connectivity index (χ1n) is 5.00. The van der Waals surface area contributed by atoms with Gasteiger partial charge in [-0.05, 0) is 30.8 Å². The molecule has 2 aromatic rings. The van der Waals surface area contributed by atoms with E-state index in [0.29, 0.717) is 23.6 Å². The molecule has 5 nitrogen and oxygen atoms in total. The predicted molar refractivity (Wildman–Crippen MR) is 62.3 cm³/mol. The molecule has 0 unspecified atom stereocenters. The fourth-order valence-electron chi connectivity index (χ4n) is 1.44. The molecule has 0 atom stereocenters. The summed E-state index contributed by atoms with van der Waals surface area (Å²) in [5.41, 5.74) is 0.771. The molecule has 16 heavy (non-hydrogen) atoms. The van der Waals surface area contributed by atoms with Crippen LogP contribution in [0, 0.1) is 4.77 Å². The molecule has 0 saturated heterocycles. The van der Waals surface area contributed by atoms with Gasteiger partial charge >= 0.3 is 0 Å². The van der Waals surface area contributed by atoms with Crippen molar-refractivity contribution in [3.8, 4) is 11.5 Å². The Bertz CT molecular complexity index is 505. The fraction of sp³-hybridized carbons (Fsp3) is 0.300. The lowest BCUT2D eigenvalue weighted by molar-refractivity contribution is 0.279. The zero-order valence-electron chi connectivity index (χ0n) is 8.63. The highest BCUT2D eigenvalue weighted by molar-refractivity contribution is 7.71. The van der Waals surface area contributed by atoms with Crippen molar-refractivity contribution < 1.29 is 5.11 Å². The molecule has 6 heteroatoms. The number of H-pyrrole nitrogens is 1. The second-order valence-corrected chi connectivity index (χ2v) is 3.68. The number of aromatic nitrogens is 4. The van der Waals surface area contributed by atoms with Crippen molar-refractivity contribution in [1.29, 1.82) is 0 Å². The smallest absolute Gasteiger partial charge is 0.195 e. The van der Waals surface area contributed by atoms with E-state index in [1.807, 2.05) is 22.8 Å². The first-order chi connectivity index (χ1) is 7.83. The Labute approximate surface area is 97.8 Å². The summed E-state index contributed by atoms with van der Waals surface area (Å²) in [4.78, 5) is 4.22. The third kappa shape index (κ3) is 2.17. The molecule has 0 saturated carbocycles. The standard InChI is InChI=1S/C10H12N4OS/c15-7-3-6-14-9(12-13-10(14)16)8-4-1-2-5-11-8/h1-2,4-5,15H,3,6-7H2,(H,13,16).